The van der Waals surface area contributed by atoms with Crippen molar-refractivity contribution in [2.45, 2.75) is 0 Å². The largest absolute Gasteiger partial charge is 0.477 e. The van der Waals surface area contributed by atoms with E-state index in [0.29, 0.717) is 0 Å². The van der Waals surface area contributed by atoms with Crippen LogP contribution in [0, 0.1) is 5.82 Å². The summed E-state index contributed by atoms with van der Waals surface area (Å²) in [7, 11) is 0. The zero-order chi connectivity index (χ0) is 11.7. The van der Waals surface area contributed by atoms with Gasteiger partial charge in [0.25, 0.3) is 0 Å². The lowest BCUT2D eigenvalue weighted by molar-refractivity contribution is 0.0698. The first-order chi connectivity index (χ1) is 7.61. The van der Waals surface area contributed by atoms with Crippen LogP contribution < -0.4 is 5.73 Å². The van der Waals surface area contributed by atoms with Crippen LogP contribution in [0.2, 0.25) is 0 Å². The molecule has 6 heteroatoms. The first-order valence-electron chi connectivity index (χ1n) is 4.34. The Kier molecular flexibility index (Phi) is 2.32. The lowest BCUT2D eigenvalue weighted by Crippen LogP contribution is -2.01. The number of aromatic nitrogens is 1. The number of carbonyl (C=O) groups is 1. The minimum Gasteiger partial charge on any atom is -0.477 e. The van der Waals surface area contributed by atoms with Crippen LogP contribution in [0.15, 0.2) is 28.8 Å². The number of halogens is 1. The molecule has 0 aliphatic carbocycles. The predicted molar refractivity (Wildman–Crippen MR) is 53.3 cm³/mol. The summed E-state index contributed by atoms with van der Waals surface area (Å²) in [5.41, 5.74) is 4.90. The lowest BCUT2D eigenvalue weighted by Gasteiger charge is -1.99. The smallest absolute Gasteiger partial charge is 0.343 e. The summed E-state index contributed by atoms with van der Waals surface area (Å²) >= 11 is 0. The Morgan fingerprint density at radius 3 is 2.75 bits per heavy atom. The molecule has 82 valence electrons. The SMILES string of the molecule is Nc1onc(-c2ccccc2F)c1C(=O)O. The highest BCUT2D eigenvalue weighted by Gasteiger charge is 2.23. The summed E-state index contributed by atoms with van der Waals surface area (Å²) in [6, 6.07) is 5.66. The second-order valence-corrected chi connectivity index (χ2v) is 3.06. The minimum atomic E-state index is -1.31. The van der Waals surface area contributed by atoms with Crippen molar-refractivity contribution in [3.63, 3.8) is 0 Å². The summed E-state index contributed by atoms with van der Waals surface area (Å²) < 4.78 is 18.0. The molecular formula is C10H7FN2O3. The molecule has 3 N–H and O–H groups in total. The van der Waals surface area contributed by atoms with Crippen molar-refractivity contribution in [1.29, 1.82) is 0 Å². The molecule has 0 aliphatic rings. The van der Waals surface area contributed by atoms with Crippen molar-refractivity contribution in [3.05, 3.63) is 35.6 Å². The van der Waals surface area contributed by atoms with Crippen LogP contribution in [0.3, 0.4) is 0 Å². The predicted octanol–water partition coefficient (Wildman–Crippen LogP) is 1.76. The summed E-state index contributed by atoms with van der Waals surface area (Å²) in [6.45, 7) is 0. The zero-order valence-electron chi connectivity index (χ0n) is 7.98. The fourth-order valence-electron chi connectivity index (χ4n) is 1.35. The second kappa shape index (κ2) is 3.65. The highest BCUT2D eigenvalue weighted by Crippen LogP contribution is 2.28. The molecule has 1 aromatic carbocycles. The van der Waals surface area contributed by atoms with Gasteiger partial charge in [0.15, 0.2) is 5.56 Å². The molecule has 0 amide bonds. The van der Waals surface area contributed by atoms with Gasteiger partial charge in [0.05, 0.1) is 0 Å². The number of carboxylic acid groups (broad SMARTS) is 1. The van der Waals surface area contributed by atoms with Gasteiger partial charge in [0, 0.05) is 5.56 Å². The Hall–Kier alpha value is -2.37. The van der Waals surface area contributed by atoms with Crippen LogP contribution in [0.1, 0.15) is 10.4 Å². The van der Waals surface area contributed by atoms with Gasteiger partial charge >= 0.3 is 5.97 Å². The first kappa shape index (κ1) is 10.2. The molecule has 0 aliphatic heterocycles. The number of hydrogen-bond acceptors (Lipinski definition) is 4. The van der Waals surface area contributed by atoms with E-state index in [-0.39, 0.29) is 22.7 Å². The van der Waals surface area contributed by atoms with E-state index < -0.39 is 11.8 Å². The van der Waals surface area contributed by atoms with Crippen molar-refractivity contribution in [2.75, 3.05) is 5.73 Å². The molecule has 1 aromatic heterocycles. The van der Waals surface area contributed by atoms with E-state index in [2.05, 4.69) is 9.68 Å². The molecule has 16 heavy (non-hydrogen) atoms. The molecule has 0 saturated carbocycles. The van der Waals surface area contributed by atoms with Crippen molar-refractivity contribution in [2.24, 2.45) is 0 Å². The molecule has 0 atom stereocenters. The van der Waals surface area contributed by atoms with Crippen LogP contribution in [0.5, 0.6) is 0 Å². The highest BCUT2D eigenvalue weighted by molar-refractivity contribution is 5.98. The standard InChI is InChI=1S/C10H7FN2O3/c11-6-4-2-1-3-5(6)8-7(10(14)15)9(12)16-13-8/h1-4H,12H2,(H,14,15). The molecule has 0 radical (unpaired) electrons. The molecule has 1 heterocycles. The summed E-state index contributed by atoms with van der Waals surface area (Å²) in [4.78, 5) is 10.9. The van der Waals surface area contributed by atoms with E-state index in [4.69, 9.17) is 10.8 Å². The Balaban J connectivity index is 2.66. The zero-order valence-corrected chi connectivity index (χ0v) is 7.98. The molecule has 0 unspecified atom stereocenters. The third-order valence-corrected chi connectivity index (χ3v) is 2.06. The number of aromatic carboxylic acids is 1. The number of benzene rings is 1. The van der Waals surface area contributed by atoms with Gasteiger partial charge in [-0.25, -0.2) is 9.18 Å². The maximum absolute atomic E-state index is 13.4. The van der Waals surface area contributed by atoms with Crippen LogP contribution >= 0.6 is 0 Å². The number of rotatable bonds is 2. The molecule has 2 aromatic rings. The van der Waals surface area contributed by atoms with Gasteiger partial charge in [-0.05, 0) is 12.1 Å². The summed E-state index contributed by atoms with van der Waals surface area (Å²) in [5, 5.41) is 12.3. The van der Waals surface area contributed by atoms with E-state index in [1.807, 2.05) is 0 Å². The van der Waals surface area contributed by atoms with E-state index in [0.717, 1.165) is 0 Å². The van der Waals surface area contributed by atoms with Crippen molar-refractivity contribution in [3.8, 4) is 11.3 Å². The van der Waals surface area contributed by atoms with Gasteiger partial charge in [-0.1, -0.05) is 17.3 Å². The number of nitrogen functional groups attached to an aromatic ring is 1. The van der Waals surface area contributed by atoms with E-state index in [9.17, 15) is 9.18 Å². The minimum absolute atomic E-state index is 0.0420. The van der Waals surface area contributed by atoms with Crippen LogP contribution in [0.25, 0.3) is 11.3 Å². The van der Waals surface area contributed by atoms with Gasteiger partial charge in [-0.2, -0.15) is 0 Å². The van der Waals surface area contributed by atoms with Crippen LogP contribution in [-0.4, -0.2) is 16.2 Å². The van der Waals surface area contributed by atoms with E-state index >= 15 is 0 Å². The molecule has 0 fully saturated rings. The molecule has 2 rings (SSSR count). The number of nitrogens with two attached hydrogens (primary N) is 1. The van der Waals surface area contributed by atoms with Gasteiger partial charge in [0.1, 0.15) is 11.5 Å². The monoisotopic (exact) mass is 222 g/mol. The Morgan fingerprint density at radius 1 is 1.44 bits per heavy atom. The normalized spacial score (nSPS) is 10.3. The average molecular weight is 222 g/mol. The number of nitrogens with zero attached hydrogens (tertiary/aromatic N) is 1. The Morgan fingerprint density at radius 2 is 2.12 bits per heavy atom. The molecular weight excluding hydrogens is 215 g/mol. The third-order valence-electron chi connectivity index (χ3n) is 2.06. The molecule has 0 bridgehead atoms. The topological polar surface area (TPSA) is 89.4 Å². The number of carboxylic acids is 1. The number of hydrogen-bond donors (Lipinski definition) is 2. The maximum atomic E-state index is 13.4. The Labute approximate surface area is 89.3 Å². The first-order valence-corrected chi connectivity index (χ1v) is 4.34. The van der Waals surface area contributed by atoms with Gasteiger partial charge in [-0.3, -0.25) is 0 Å². The molecule has 0 saturated heterocycles. The van der Waals surface area contributed by atoms with E-state index in [1.54, 1.807) is 6.07 Å². The van der Waals surface area contributed by atoms with Gasteiger partial charge in [0.2, 0.25) is 5.88 Å². The van der Waals surface area contributed by atoms with Crippen molar-refractivity contribution in [1.82, 2.24) is 5.16 Å². The van der Waals surface area contributed by atoms with Gasteiger partial charge in [-0.15, -0.1) is 0 Å². The van der Waals surface area contributed by atoms with Crippen LogP contribution in [0.4, 0.5) is 10.3 Å². The van der Waals surface area contributed by atoms with E-state index in [1.165, 1.54) is 18.2 Å². The highest BCUT2D eigenvalue weighted by atomic mass is 19.1. The summed E-state index contributed by atoms with van der Waals surface area (Å²) in [5.74, 6) is -2.24. The number of anilines is 1. The third kappa shape index (κ3) is 1.50. The average Bonchev–Trinajstić information content (AvgIpc) is 2.61. The van der Waals surface area contributed by atoms with Gasteiger partial charge < -0.3 is 15.4 Å². The quantitative estimate of drug-likeness (QED) is 0.808. The fourth-order valence-corrected chi connectivity index (χ4v) is 1.35. The second-order valence-electron chi connectivity index (χ2n) is 3.06. The molecule has 0 spiro atoms. The van der Waals surface area contributed by atoms with Crippen molar-refractivity contribution >= 4 is 11.9 Å². The summed E-state index contributed by atoms with van der Waals surface area (Å²) in [6.07, 6.45) is 0. The van der Waals surface area contributed by atoms with Crippen LogP contribution in [-0.2, 0) is 0 Å². The maximum Gasteiger partial charge on any atom is 0.343 e. The van der Waals surface area contributed by atoms with Crippen molar-refractivity contribution < 1.29 is 18.8 Å². The Bertz CT molecular complexity index is 551. The fraction of sp³-hybridized carbons (Fsp3) is 0. The molecule has 5 nitrogen and oxygen atoms in total. The lowest BCUT2D eigenvalue weighted by atomic mass is 10.1.